The lowest BCUT2D eigenvalue weighted by atomic mass is 9.99. The molecule has 21 heavy (non-hydrogen) atoms. The highest BCUT2D eigenvalue weighted by Crippen LogP contribution is 2.37. The molecule has 1 N–H and O–H groups in total. The number of nitriles is 1. The fraction of sp³-hybridized carbons (Fsp3) is 0.611. The van der Waals surface area contributed by atoms with Gasteiger partial charge in [0.1, 0.15) is 17.4 Å². The SMILES string of the molecule is CC(C)c1ccccc1OC1CCC(C#N)(NC2CC2)C1. The van der Waals surface area contributed by atoms with Crippen LogP contribution in [0.15, 0.2) is 24.3 Å². The van der Waals surface area contributed by atoms with Gasteiger partial charge in [0.25, 0.3) is 0 Å². The van der Waals surface area contributed by atoms with Crippen molar-refractivity contribution < 1.29 is 4.74 Å². The van der Waals surface area contributed by atoms with Crippen LogP contribution in [0.1, 0.15) is 57.4 Å². The molecule has 2 atom stereocenters. The predicted molar refractivity (Wildman–Crippen MR) is 83.3 cm³/mol. The van der Waals surface area contributed by atoms with Gasteiger partial charge in [-0.1, -0.05) is 32.0 Å². The maximum absolute atomic E-state index is 9.55. The summed E-state index contributed by atoms with van der Waals surface area (Å²) in [6.07, 6.45) is 5.23. The van der Waals surface area contributed by atoms with Crippen LogP contribution in [0.4, 0.5) is 0 Å². The fourth-order valence-corrected chi connectivity index (χ4v) is 3.23. The monoisotopic (exact) mass is 284 g/mol. The number of benzene rings is 1. The van der Waals surface area contributed by atoms with Crippen LogP contribution in [-0.2, 0) is 0 Å². The molecule has 2 fully saturated rings. The molecule has 1 aromatic rings. The first-order valence-electron chi connectivity index (χ1n) is 8.06. The van der Waals surface area contributed by atoms with Crippen molar-refractivity contribution in [1.29, 1.82) is 5.26 Å². The van der Waals surface area contributed by atoms with Crippen molar-refractivity contribution in [1.82, 2.24) is 5.32 Å². The minimum atomic E-state index is -0.362. The van der Waals surface area contributed by atoms with E-state index in [0.717, 1.165) is 25.0 Å². The molecule has 2 aliphatic rings. The molecule has 0 bridgehead atoms. The van der Waals surface area contributed by atoms with Gasteiger partial charge < -0.3 is 4.74 Å². The van der Waals surface area contributed by atoms with E-state index >= 15 is 0 Å². The average Bonchev–Trinajstić information content (AvgIpc) is 3.19. The molecular formula is C18H24N2O. The minimum Gasteiger partial charge on any atom is -0.490 e. The molecule has 0 amide bonds. The number of nitrogens with one attached hydrogen (secondary N) is 1. The number of hydrogen-bond acceptors (Lipinski definition) is 3. The average molecular weight is 284 g/mol. The van der Waals surface area contributed by atoms with Gasteiger partial charge in [-0.05, 0) is 43.2 Å². The molecule has 0 saturated heterocycles. The number of ether oxygens (including phenoxy) is 1. The summed E-state index contributed by atoms with van der Waals surface area (Å²) in [5, 5.41) is 13.1. The molecule has 3 heteroatoms. The van der Waals surface area contributed by atoms with Gasteiger partial charge in [0, 0.05) is 12.5 Å². The van der Waals surface area contributed by atoms with E-state index < -0.39 is 0 Å². The van der Waals surface area contributed by atoms with E-state index in [1.165, 1.54) is 18.4 Å². The molecule has 2 aliphatic carbocycles. The van der Waals surface area contributed by atoms with E-state index in [4.69, 9.17) is 4.74 Å². The van der Waals surface area contributed by atoms with Crippen LogP contribution in [0.25, 0.3) is 0 Å². The van der Waals surface area contributed by atoms with Crippen LogP contribution in [0.2, 0.25) is 0 Å². The number of nitrogens with zero attached hydrogens (tertiary/aromatic N) is 1. The lowest BCUT2D eigenvalue weighted by molar-refractivity contribution is 0.198. The number of rotatable bonds is 5. The second-order valence-electron chi connectivity index (χ2n) is 6.79. The third-order valence-corrected chi connectivity index (χ3v) is 4.58. The van der Waals surface area contributed by atoms with Crippen molar-refractivity contribution in [3.8, 4) is 11.8 Å². The van der Waals surface area contributed by atoms with Gasteiger partial charge >= 0.3 is 0 Å². The molecule has 1 aromatic carbocycles. The first-order chi connectivity index (χ1) is 10.1. The minimum absolute atomic E-state index is 0.149. The Morgan fingerprint density at radius 3 is 2.71 bits per heavy atom. The Bertz CT molecular complexity index is 544. The van der Waals surface area contributed by atoms with Crippen LogP contribution < -0.4 is 10.1 Å². The van der Waals surface area contributed by atoms with Crippen LogP contribution in [0.3, 0.4) is 0 Å². The van der Waals surface area contributed by atoms with Crippen molar-refractivity contribution in [2.24, 2.45) is 0 Å². The summed E-state index contributed by atoms with van der Waals surface area (Å²) in [6.45, 7) is 4.37. The van der Waals surface area contributed by atoms with Crippen molar-refractivity contribution in [3.63, 3.8) is 0 Å². The Kier molecular flexibility index (Phi) is 3.91. The summed E-state index contributed by atoms with van der Waals surface area (Å²) in [5.74, 6) is 1.44. The lowest BCUT2D eigenvalue weighted by Gasteiger charge is -2.23. The van der Waals surface area contributed by atoms with Crippen molar-refractivity contribution in [2.45, 2.75) is 69.6 Å². The Morgan fingerprint density at radius 1 is 1.29 bits per heavy atom. The molecule has 0 radical (unpaired) electrons. The smallest absolute Gasteiger partial charge is 0.123 e. The normalized spacial score (nSPS) is 28.6. The number of hydrogen-bond donors (Lipinski definition) is 1. The summed E-state index contributed by atoms with van der Waals surface area (Å²) in [7, 11) is 0. The van der Waals surface area contributed by atoms with Gasteiger partial charge in [-0.25, -0.2) is 0 Å². The largest absolute Gasteiger partial charge is 0.490 e. The first kappa shape index (κ1) is 14.4. The predicted octanol–water partition coefficient (Wildman–Crippen LogP) is 3.76. The molecule has 0 spiro atoms. The zero-order valence-electron chi connectivity index (χ0n) is 12.9. The molecule has 3 nitrogen and oxygen atoms in total. The van der Waals surface area contributed by atoms with E-state index in [1.54, 1.807) is 0 Å². The molecule has 0 aliphatic heterocycles. The quantitative estimate of drug-likeness (QED) is 0.895. The van der Waals surface area contributed by atoms with Gasteiger partial charge in [0.2, 0.25) is 0 Å². The molecule has 0 aromatic heterocycles. The molecular weight excluding hydrogens is 260 g/mol. The Labute approximate surface area is 127 Å². The van der Waals surface area contributed by atoms with Gasteiger partial charge in [0.05, 0.1) is 6.07 Å². The van der Waals surface area contributed by atoms with Gasteiger partial charge in [-0.3, -0.25) is 5.32 Å². The van der Waals surface area contributed by atoms with Gasteiger partial charge in [-0.15, -0.1) is 0 Å². The van der Waals surface area contributed by atoms with Crippen LogP contribution in [0.5, 0.6) is 5.75 Å². The van der Waals surface area contributed by atoms with Crippen molar-refractivity contribution in [3.05, 3.63) is 29.8 Å². The van der Waals surface area contributed by atoms with Crippen molar-refractivity contribution in [2.75, 3.05) is 0 Å². The third-order valence-electron chi connectivity index (χ3n) is 4.58. The summed E-state index contributed by atoms with van der Waals surface area (Å²) in [6, 6.07) is 11.3. The maximum atomic E-state index is 9.55. The van der Waals surface area contributed by atoms with Gasteiger partial charge in [-0.2, -0.15) is 5.26 Å². The second-order valence-corrected chi connectivity index (χ2v) is 6.79. The maximum Gasteiger partial charge on any atom is 0.123 e. The topological polar surface area (TPSA) is 45.0 Å². The summed E-state index contributed by atoms with van der Waals surface area (Å²) < 4.78 is 6.24. The zero-order chi connectivity index (χ0) is 14.9. The van der Waals surface area contributed by atoms with E-state index in [2.05, 4.69) is 43.4 Å². The van der Waals surface area contributed by atoms with E-state index in [9.17, 15) is 5.26 Å². The Balaban J connectivity index is 1.68. The van der Waals surface area contributed by atoms with E-state index in [-0.39, 0.29) is 11.6 Å². The zero-order valence-corrected chi connectivity index (χ0v) is 12.9. The van der Waals surface area contributed by atoms with E-state index in [1.807, 2.05) is 6.07 Å². The summed E-state index contributed by atoms with van der Waals surface area (Å²) in [5.41, 5.74) is 0.889. The van der Waals surface area contributed by atoms with Crippen LogP contribution in [-0.4, -0.2) is 17.7 Å². The molecule has 112 valence electrons. The fourth-order valence-electron chi connectivity index (χ4n) is 3.23. The summed E-state index contributed by atoms with van der Waals surface area (Å²) in [4.78, 5) is 0. The Morgan fingerprint density at radius 2 is 2.05 bits per heavy atom. The molecule has 2 saturated carbocycles. The van der Waals surface area contributed by atoms with Crippen LogP contribution >= 0.6 is 0 Å². The molecule has 2 unspecified atom stereocenters. The highest BCUT2D eigenvalue weighted by atomic mass is 16.5. The van der Waals surface area contributed by atoms with Gasteiger partial charge in [0.15, 0.2) is 0 Å². The lowest BCUT2D eigenvalue weighted by Crippen LogP contribution is -2.43. The van der Waals surface area contributed by atoms with E-state index in [0.29, 0.717) is 12.0 Å². The first-order valence-corrected chi connectivity index (χ1v) is 8.06. The molecule has 0 heterocycles. The standard InChI is InChI=1S/C18H24N2O/c1-13(2)16-5-3-4-6-17(16)21-15-9-10-18(11-15,12-19)20-14-7-8-14/h3-6,13-15,20H,7-11H2,1-2H3. The third kappa shape index (κ3) is 3.22. The highest BCUT2D eigenvalue weighted by molar-refractivity contribution is 5.36. The molecule has 3 rings (SSSR count). The summed E-state index contributed by atoms with van der Waals surface area (Å²) >= 11 is 0. The van der Waals surface area contributed by atoms with Crippen molar-refractivity contribution >= 4 is 0 Å². The number of para-hydroxylation sites is 1. The second kappa shape index (κ2) is 5.69. The Hall–Kier alpha value is -1.53. The van der Waals surface area contributed by atoms with Crippen LogP contribution in [0, 0.1) is 11.3 Å². The highest BCUT2D eigenvalue weighted by Gasteiger charge is 2.43.